The summed E-state index contributed by atoms with van der Waals surface area (Å²) in [4.78, 5) is 15.8. The van der Waals surface area contributed by atoms with E-state index in [4.69, 9.17) is 5.26 Å². The van der Waals surface area contributed by atoms with Crippen LogP contribution in [-0.4, -0.2) is 10.8 Å². The number of nitrogens with zero attached hydrogens (tertiary/aromatic N) is 1. The fraction of sp³-hybridized carbons (Fsp3) is 0.111. The Morgan fingerprint density at radius 1 is 1.10 bits per heavy atom. The molecule has 0 atom stereocenters. The summed E-state index contributed by atoms with van der Waals surface area (Å²) in [7, 11) is 0. The summed E-state index contributed by atoms with van der Waals surface area (Å²) in [5, 5.41) is 9.77. The maximum Gasteiger partial charge on any atom is 0.195 e. The van der Waals surface area contributed by atoms with Crippen molar-refractivity contribution in [2.45, 2.75) is 13.8 Å². The molecule has 0 saturated heterocycles. The highest BCUT2D eigenvalue weighted by Crippen LogP contribution is 2.23. The number of ketones is 1. The topological polar surface area (TPSA) is 56.6 Å². The maximum atomic E-state index is 12.7. The fourth-order valence-electron chi connectivity index (χ4n) is 2.64. The van der Waals surface area contributed by atoms with E-state index in [-0.39, 0.29) is 5.78 Å². The van der Waals surface area contributed by atoms with Crippen molar-refractivity contribution in [3.63, 3.8) is 0 Å². The zero-order valence-corrected chi connectivity index (χ0v) is 11.9. The van der Waals surface area contributed by atoms with Gasteiger partial charge in [0.1, 0.15) is 0 Å². The van der Waals surface area contributed by atoms with Crippen LogP contribution in [0.15, 0.2) is 42.6 Å². The van der Waals surface area contributed by atoms with Gasteiger partial charge in [0.05, 0.1) is 11.6 Å². The summed E-state index contributed by atoms with van der Waals surface area (Å²) in [6, 6.07) is 13.3. The number of aryl methyl sites for hydroxylation is 2. The Bertz CT molecular complexity index is 877. The fourth-order valence-corrected chi connectivity index (χ4v) is 2.64. The molecule has 0 aliphatic carbocycles. The van der Waals surface area contributed by atoms with Crippen molar-refractivity contribution >= 4 is 16.7 Å². The number of aromatic nitrogens is 1. The van der Waals surface area contributed by atoms with E-state index in [1.54, 1.807) is 18.3 Å². The van der Waals surface area contributed by atoms with Crippen LogP contribution in [0.3, 0.4) is 0 Å². The van der Waals surface area contributed by atoms with E-state index in [0.717, 1.165) is 22.0 Å². The van der Waals surface area contributed by atoms with Crippen LogP contribution in [0.5, 0.6) is 0 Å². The zero-order valence-electron chi connectivity index (χ0n) is 11.9. The van der Waals surface area contributed by atoms with Crippen LogP contribution in [0, 0.1) is 25.2 Å². The average Bonchev–Trinajstić information content (AvgIpc) is 2.88. The molecule has 3 rings (SSSR count). The van der Waals surface area contributed by atoms with Crippen molar-refractivity contribution < 1.29 is 4.79 Å². The van der Waals surface area contributed by atoms with Gasteiger partial charge in [0, 0.05) is 28.2 Å². The van der Waals surface area contributed by atoms with Gasteiger partial charge >= 0.3 is 0 Å². The molecule has 1 heterocycles. The summed E-state index contributed by atoms with van der Waals surface area (Å²) < 4.78 is 0. The van der Waals surface area contributed by atoms with E-state index in [0.29, 0.717) is 16.7 Å². The molecule has 3 nitrogen and oxygen atoms in total. The second-order valence-electron chi connectivity index (χ2n) is 5.28. The number of rotatable bonds is 2. The lowest BCUT2D eigenvalue weighted by Gasteiger charge is -2.03. The number of nitriles is 1. The predicted octanol–water partition coefficient (Wildman–Crippen LogP) is 3.89. The largest absolute Gasteiger partial charge is 0.360 e. The van der Waals surface area contributed by atoms with Crippen LogP contribution >= 0.6 is 0 Å². The molecule has 0 amide bonds. The molecule has 0 unspecified atom stereocenters. The van der Waals surface area contributed by atoms with Gasteiger partial charge in [-0.25, -0.2) is 0 Å². The Hall–Kier alpha value is -2.86. The molecule has 1 N–H and O–H groups in total. The van der Waals surface area contributed by atoms with Gasteiger partial charge in [0.2, 0.25) is 0 Å². The molecule has 0 saturated carbocycles. The zero-order chi connectivity index (χ0) is 15.0. The van der Waals surface area contributed by atoms with Crippen LogP contribution in [0.1, 0.15) is 32.6 Å². The van der Waals surface area contributed by atoms with E-state index in [2.05, 4.69) is 11.1 Å². The molecule has 0 bridgehead atoms. The third-order valence-corrected chi connectivity index (χ3v) is 3.54. The molecule has 0 spiro atoms. The number of nitrogens with one attached hydrogen (secondary N) is 1. The van der Waals surface area contributed by atoms with E-state index >= 15 is 0 Å². The second-order valence-corrected chi connectivity index (χ2v) is 5.28. The molecule has 1 aromatic heterocycles. The molecule has 3 aromatic rings. The first-order valence-electron chi connectivity index (χ1n) is 6.73. The molecule has 0 aliphatic heterocycles. The Kier molecular flexibility index (Phi) is 3.08. The average molecular weight is 274 g/mol. The number of H-pyrrole nitrogens is 1. The quantitative estimate of drug-likeness (QED) is 0.721. The molecule has 0 aliphatic rings. The minimum Gasteiger partial charge on any atom is -0.360 e. The normalized spacial score (nSPS) is 10.5. The number of aromatic amines is 1. The van der Waals surface area contributed by atoms with Gasteiger partial charge in [-0.1, -0.05) is 23.3 Å². The summed E-state index contributed by atoms with van der Waals surface area (Å²) in [5.74, 6) is -0.00208. The SMILES string of the molecule is Cc1cc(C)cc(C(=O)c2c[nH]c3cc(C#N)ccc23)c1. The minimum atomic E-state index is -0.00208. The van der Waals surface area contributed by atoms with E-state index in [1.165, 1.54) is 0 Å². The minimum absolute atomic E-state index is 0.00208. The van der Waals surface area contributed by atoms with Gasteiger partial charge in [-0.15, -0.1) is 0 Å². The molecule has 2 aromatic carbocycles. The smallest absolute Gasteiger partial charge is 0.195 e. The van der Waals surface area contributed by atoms with E-state index in [9.17, 15) is 4.79 Å². The Morgan fingerprint density at radius 3 is 2.48 bits per heavy atom. The van der Waals surface area contributed by atoms with Gasteiger partial charge in [0.25, 0.3) is 0 Å². The Morgan fingerprint density at radius 2 is 1.81 bits per heavy atom. The number of carbonyl (C=O) groups excluding carboxylic acids is 1. The van der Waals surface area contributed by atoms with E-state index < -0.39 is 0 Å². The van der Waals surface area contributed by atoms with Crippen molar-refractivity contribution in [1.82, 2.24) is 4.98 Å². The predicted molar refractivity (Wildman–Crippen MR) is 82.4 cm³/mol. The van der Waals surface area contributed by atoms with Crippen molar-refractivity contribution in [2.24, 2.45) is 0 Å². The number of hydrogen-bond donors (Lipinski definition) is 1. The van der Waals surface area contributed by atoms with Gasteiger partial charge in [-0.05, 0) is 38.1 Å². The molecule has 0 fully saturated rings. The van der Waals surface area contributed by atoms with Gasteiger partial charge < -0.3 is 4.98 Å². The highest BCUT2D eigenvalue weighted by atomic mass is 16.1. The maximum absolute atomic E-state index is 12.7. The second kappa shape index (κ2) is 4.92. The standard InChI is InChI=1S/C18H14N2O/c1-11-5-12(2)7-14(6-11)18(21)16-10-20-17-8-13(9-19)3-4-15(16)17/h3-8,10,20H,1-2H3. The van der Waals surface area contributed by atoms with Crippen molar-refractivity contribution in [2.75, 3.05) is 0 Å². The number of benzene rings is 2. The van der Waals surface area contributed by atoms with Crippen molar-refractivity contribution in [3.05, 3.63) is 70.4 Å². The van der Waals surface area contributed by atoms with Crippen molar-refractivity contribution in [3.8, 4) is 6.07 Å². The molecular weight excluding hydrogens is 260 g/mol. The molecule has 21 heavy (non-hydrogen) atoms. The van der Waals surface area contributed by atoms with Crippen LogP contribution in [0.25, 0.3) is 10.9 Å². The lowest BCUT2D eigenvalue weighted by molar-refractivity contribution is 0.104. The number of fused-ring (bicyclic) bond motifs is 1. The lowest BCUT2D eigenvalue weighted by atomic mass is 9.99. The highest BCUT2D eigenvalue weighted by Gasteiger charge is 2.15. The van der Waals surface area contributed by atoms with Crippen LogP contribution in [-0.2, 0) is 0 Å². The summed E-state index contributed by atoms with van der Waals surface area (Å²) in [5.41, 5.74) is 4.86. The van der Waals surface area contributed by atoms with Crippen LogP contribution < -0.4 is 0 Å². The van der Waals surface area contributed by atoms with Crippen LogP contribution in [0.2, 0.25) is 0 Å². The molecule has 3 heteroatoms. The van der Waals surface area contributed by atoms with Gasteiger partial charge in [0.15, 0.2) is 5.78 Å². The number of hydrogen-bond acceptors (Lipinski definition) is 2. The first-order chi connectivity index (χ1) is 10.1. The van der Waals surface area contributed by atoms with E-state index in [1.807, 2.05) is 38.1 Å². The van der Waals surface area contributed by atoms with Crippen molar-refractivity contribution in [1.29, 1.82) is 5.26 Å². The first-order valence-corrected chi connectivity index (χ1v) is 6.73. The van der Waals surface area contributed by atoms with Gasteiger partial charge in [-0.2, -0.15) is 5.26 Å². The third-order valence-electron chi connectivity index (χ3n) is 3.54. The summed E-state index contributed by atoms with van der Waals surface area (Å²) in [6.07, 6.45) is 1.71. The summed E-state index contributed by atoms with van der Waals surface area (Å²) in [6.45, 7) is 3.97. The van der Waals surface area contributed by atoms with Gasteiger partial charge in [-0.3, -0.25) is 4.79 Å². The Balaban J connectivity index is 2.12. The third kappa shape index (κ3) is 2.32. The first kappa shape index (κ1) is 13.1. The summed E-state index contributed by atoms with van der Waals surface area (Å²) >= 11 is 0. The lowest BCUT2D eigenvalue weighted by Crippen LogP contribution is -2.01. The Labute approximate surface area is 122 Å². The molecule has 0 radical (unpaired) electrons. The highest BCUT2D eigenvalue weighted by molar-refractivity contribution is 6.16. The molecular formula is C18H14N2O. The number of carbonyl (C=O) groups is 1. The monoisotopic (exact) mass is 274 g/mol. The van der Waals surface area contributed by atoms with Crippen LogP contribution in [0.4, 0.5) is 0 Å². The molecule has 102 valence electrons.